The Morgan fingerprint density at radius 3 is 2.72 bits per heavy atom. The van der Waals surface area contributed by atoms with Gasteiger partial charge in [-0.3, -0.25) is 0 Å². The van der Waals surface area contributed by atoms with E-state index in [0.29, 0.717) is 27.4 Å². The predicted molar refractivity (Wildman–Crippen MR) is 79.7 cm³/mol. The molecule has 0 aromatic heterocycles. The lowest BCUT2D eigenvalue weighted by Crippen LogP contribution is -2.34. The Labute approximate surface area is 122 Å². The SMILES string of the molecule is S=C(NCC1CCCO1)Nc1c(Cl)cccc1Cl. The molecule has 1 fully saturated rings. The lowest BCUT2D eigenvalue weighted by Gasteiger charge is -2.15. The van der Waals surface area contributed by atoms with Gasteiger partial charge in [0.25, 0.3) is 0 Å². The topological polar surface area (TPSA) is 33.3 Å². The Bertz CT molecular complexity index is 416. The molecule has 0 amide bonds. The van der Waals surface area contributed by atoms with Gasteiger partial charge in [0.2, 0.25) is 0 Å². The fourth-order valence-electron chi connectivity index (χ4n) is 1.79. The average molecular weight is 305 g/mol. The van der Waals surface area contributed by atoms with Gasteiger partial charge in [-0.2, -0.15) is 0 Å². The third-order valence-electron chi connectivity index (χ3n) is 2.72. The summed E-state index contributed by atoms with van der Waals surface area (Å²) in [5, 5.41) is 7.70. The van der Waals surface area contributed by atoms with E-state index in [9.17, 15) is 0 Å². The molecule has 0 saturated carbocycles. The van der Waals surface area contributed by atoms with Crippen molar-refractivity contribution in [2.24, 2.45) is 0 Å². The standard InChI is InChI=1S/C12H14Cl2N2OS/c13-9-4-1-5-10(14)11(9)16-12(18)15-7-8-3-2-6-17-8/h1,4-5,8H,2-3,6-7H2,(H2,15,16,18). The summed E-state index contributed by atoms with van der Waals surface area (Å²) in [6.07, 6.45) is 2.43. The second kappa shape index (κ2) is 6.57. The first-order valence-electron chi connectivity index (χ1n) is 5.77. The van der Waals surface area contributed by atoms with E-state index in [1.165, 1.54) is 0 Å². The van der Waals surface area contributed by atoms with E-state index in [4.69, 9.17) is 40.2 Å². The van der Waals surface area contributed by atoms with E-state index in [1.54, 1.807) is 18.2 Å². The van der Waals surface area contributed by atoms with Crippen molar-refractivity contribution in [3.05, 3.63) is 28.2 Å². The van der Waals surface area contributed by atoms with E-state index in [1.807, 2.05) is 0 Å². The summed E-state index contributed by atoms with van der Waals surface area (Å²) in [4.78, 5) is 0. The van der Waals surface area contributed by atoms with Crippen molar-refractivity contribution >= 4 is 46.2 Å². The first-order valence-corrected chi connectivity index (χ1v) is 6.93. The summed E-state index contributed by atoms with van der Waals surface area (Å²) in [7, 11) is 0. The van der Waals surface area contributed by atoms with Gasteiger partial charge in [-0.05, 0) is 37.2 Å². The summed E-state index contributed by atoms with van der Waals surface area (Å²) >= 11 is 17.3. The zero-order valence-corrected chi connectivity index (χ0v) is 12.0. The largest absolute Gasteiger partial charge is 0.376 e. The van der Waals surface area contributed by atoms with Crippen LogP contribution in [0.15, 0.2) is 18.2 Å². The lowest BCUT2D eigenvalue weighted by atomic mass is 10.2. The highest BCUT2D eigenvalue weighted by molar-refractivity contribution is 7.80. The number of hydrogen-bond donors (Lipinski definition) is 2. The highest BCUT2D eigenvalue weighted by Gasteiger charge is 2.15. The monoisotopic (exact) mass is 304 g/mol. The molecular weight excluding hydrogens is 291 g/mol. The minimum Gasteiger partial charge on any atom is -0.376 e. The number of rotatable bonds is 3. The molecule has 1 saturated heterocycles. The Morgan fingerprint density at radius 2 is 2.11 bits per heavy atom. The van der Waals surface area contributed by atoms with Gasteiger partial charge in [0, 0.05) is 13.2 Å². The summed E-state index contributed by atoms with van der Waals surface area (Å²) in [6.45, 7) is 1.54. The molecule has 1 aliphatic rings. The molecule has 0 bridgehead atoms. The van der Waals surface area contributed by atoms with Gasteiger partial charge < -0.3 is 15.4 Å². The molecular formula is C12H14Cl2N2OS. The van der Waals surface area contributed by atoms with E-state index < -0.39 is 0 Å². The van der Waals surface area contributed by atoms with Crippen molar-refractivity contribution in [1.82, 2.24) is 5.32 Å². The minimum absolute atomic E-state index is 0.242. The summed E-state index contributed by atoms with van der Waals surface area (Å²) in [6, 6.07) is 5.32. The van der Waals surface area contributed by atoms with Crippen molar-refractivity contribution in [3.63, 3.8) is 0 Å². The van der Waals surface area contributed by atoms with Crippen molar-refractivity contribution in [2.45, 2.75) is 18.9 Å². The second-order valence-electron chi connectivity index (χ2n) is 4.07. The van der Waals surface area contributed by atoms with Crippen LogP contribution in [0.3, 0.4) is 0 Å². The normalized spacial score (nSPS) is 18.7. The van der Waals surface area contributed by atoms with Crippen LogP contribution in [0.4, 0.5) is 5.69 Å². The van der Waals surface area contributed by atoms with E-state index in [-0.39, 0.29) is 6.10 Å². The van der Waals surface area contributed by atoms with Crippen LogP contribution in [-0.4, -0.2) is 24.4 Å². The number of hydrogen-bond acceptors (Lipinski definition) is 2. The third-order valence-corrected chi connectivity index (χ3v) is 3.59. The zero-order valence-electron chi connectivity index (χ0n) is 9.71. The quantitative estimate of drug-likeness (QED) is 0.838. The van der Waals surface area contributed by atoms with E-state index in [0.717, 1.165) is 19.4 Å². The van der Waals surface area contributed by atoms with Crippen LogP contribution in [0, 0.1) is 0 Å². The molecule has 1 atom stereocenters. The molecule has 1 aliphatic heterocycles. The molecule has 1 aromatic carbocycles. The van der Waals surface area contributed by atoms with Gasteiger partial charge >= 0.3 is 0 Å². The van der Waals surface area contributed by atoms with Crippen molar-refractivity contribution in [1.29, 1.82) is 0 Å². The Hall–Kier alpha value is -0.550. The number of anilines is 1. The Kier molecular flexibility index (Phi) is 5.06. The predicted octanol–water partition coefficient (Wildman–Crippen LogP) is 3.46. The van der Waals surface area contributed by atoms with Gasteiger partial charge in [0.15, 0.2) is 5.11 Å². The Balaban J connectivity index is 1.86. The minimum atomic E-state index is 0.242. The first kappa shape index (κ1) is 13.9. The molecule has 18 heavy (non-hydrogen) atoms. The summed E-state index contributed by atoms with van der Waals surface area (Å²) in [5.74, 6) is 0. The van der Waals surface area contributed by atoms with Crippen LogP contribution < -0.4 is 10.6 Å². The summed E-state index contributed by atoms with van der Waals surface area (Å²) in [5.41, 5.74) is 0.630. The molecule has 2 rings (SSSR count). The van der Waals surface area contributed by atoms with Crippen LogP contribution in [0.1, 0.15) is 12.8 Å². The molecule has 1 unspecified atom stereocenters. The smallest absolute Gasteiger partial charge is 0.170 e. The molecule has 0 radical (unpaired) electrons. The molecule has 0 aliphatic carbocycles. The maximum Gasteiger partial charge on any atom is 0.170 e. The molecule has 98 valence electrons. The molecule has 1 aromatic rings. The first-order chi connectivity index (χ1) is 8.66. The number of nitrogens with one attached hydrogen (secondary N) is 2. The van der Waals surface area contributed by atoms with Gasteiger partial charge in [-0.1, -0.05) is 29.3 Å². The van der Waals surface area contributed by atoms with Crippen LogP contribution in [0.25, 0.3) is 0 Å². The second-order valence-corrected chi connectivity index (χ2v) is 5.29. The van der Waals surface area contributed by atoms with Crippen molar-refractivity contribution in [2.75, 3.05) is 18.5 Å². The lowest BCUT2D eigenvalue weighted by molar-refractivity contribution is 0.114. The highest BCUT2D eigenvalue weighted by Crippen LogP contribution is 2.29. The molecule has 6 heteroatoms. The average Bonchev–Trinajstić information content (AvgIpc) is 2.84. The van der Waals surface area contributed by atoms with Gasteiger partial charge in [-0.25, -0.2) is 0 Å². The summed E-state index contributed by atoms with van der Waals surface area (Å²) < 4.78 is 5.50. The Morgan fingerprint density at radius 1 is 1.39 bits per heavy atom. The number of para-hydroxylation sites is 1. The number of ether oxygens (including phenoxy) is 1. The number of thiocarbonyl (C=S) groups is 1. The van der Waals surface area contributed by atoms with Crippen LogP contribution in [0.5, 0.6) is 0 Å². The molecule has 0 spiro atoms. The number of halogens is 2. The van der Waals surface area contributed by atoms with E-state index >= 15 is 0 Å². The molecule has 1 heterocycles. The van der Waals surface area contributed by atoms with Crippen molar-refractivity contribution < 1.29 is 4.74 Å². The van der Waals surface area contributed by atoms with Crippen LogP contribution in [-0.2, 0) is 4.74 Å². The fourth-order valence-corrected chi connectivity index (χ4v) is 2.46. The molecule has 2 N–H and O–H groups in total. The highest BCUT2D eigenvalue weighted by atomic mass is 35.5. The maximum absolute atomic E-state index is 6.04. The van der Waals surface area contributed by atoms with Crippen LogP contribution >= 0.6 is 35.4 Å². The van der Waals surface area contributed by atoms with Gasteiger partial charge in [-0.15, -0.1) is 0 Å². The molecule has 3 nitrogen and oxygen atoms in total. The van der Waals surface area contributed by atoms with Crippen LogP contribution in [0.2, 0.25) is 10.0 Å². The van der Waals surface area contributed by atoms with E-state index in [2.05, 4.69) is 10.6 Å². The number of benzene rings is 1. The fraction of sp³-hybridized carbons (Fsp3) is 0.417. The zero-order chi connectivity index (χ0) is 13.0. The maximum atomic E-state index is 6.04. The van der Waals surface area contributed by atoms with Gasteiger partial charge in [0.1, 0.15) is 0 Å². The third kappa shape index (κ3) is 3.72. The van der Waals surface area contributed by atoms with Gasteiger partial charge in [0.05, 0.1) is 21.8 Å². The van der Waals surface area contributed by atoms with Crippen molar-refractivity contribution in [3.8, 4) is 0 Å².